The molecule has 0 saturated heterocycles. The van der Waals surface area contributed by atoms with Gasteiger partial charge in [-0.05, 0) is 28.8 Å². The SMILES string of the molecule is CC(C)(C)SCC(Cc1csc2ccccc12)NN. The molecule has 0 bridgehead atoms. The smallest absolute Gasteiger partial charge is 0.0345 e. The summed E-state index contributed by atoms with van der Waals surface area (Å²) in [6, 6.07) is 8.90. The van der Waals surface area contributed by atoms with Crippen molar-refractivity contribution in [3.63, 3.8) is 0 Å². The number of benzene rings is 1. The lowest BCUT2D eigenvalue weighted by atomic mass is 10.1. The first-order valence-electron chi connectivity index (χ1n) is 6.55. The maximum absolute atomic E-state index is 5.70. The minimum absolute atomic E-state index is 0.284. The van der Waals surface area contributed by atoms with Crippen LogP contribution in [0, 0.1) is 0 Å². The molecule has 0 aliphatic carbocycles. The van der Waals surface area contributed by atoms with E-state index in [-0.39, 0.29) is 4.75 Å². The van der Waals surface area contributed by atoms with Crippen LogP contribution in [0.2, 0.25) is 0 Å². The van der Waals surface area contributed by atoms with E-state index >= 15 is 0 Å². The van der Waals surface area contributed by atoms with E-state index in [1.54, 1.807) is 0 Å². The molecular weight excluding hydrogens is 272 g/mol. The van der Waals surface area contributed by atoms with Gasteiger partial charge in [-0.3, -0.25) is 11.3 Å². The molecule has 2 aromatic rings. The predicted molar refractivity (Wildman–Crippen MR) is 88.9 cm³/mol. The third-order valence-corrected chi connectivity index (χ3v) is 5.43. The quantitative estimate of drug-likeness (QED) is 0.650. The first kappa shape index (κ1) is 14.9. The van der Waals surface area contributed by atoms with Crippen LogP contribution in [0.25, 0.3) is 10.1 Å². The second-order valence-electron chi connectivity index (χ2n) is 5.75. The third-order valence-electron chi connectivity index (χ3n) is 2.98. The van der Waals surface area contributed by atoms with Crippen LogP contribution < -0.4 is 11.3 Å². The molecule has 104 valence electrons. The molecule has 19 heavy (non-hydrogen) atoms. The Morgan fingerprint density at radius 2 is 2.05 bits per heavy atom. The van der Waals surface area contributed by atoms with Gasteiger partial charge in [0.2, 0.25) is 0 Å². The Bertz CT molecular complexity index is 528. The lowest BCUT2D eigenvalue weighted by molar-refractivity contribution is 0.575. The van der Waals surface area contributed by atoms with E-state index in [1.165, 1.54) is 15.6 Å². The number of hydrogen-bond acceptors (Lipinski definition) is 4. The number of thiophene rings is 1. The molecule has 0 aliphatic heterocycles. The second-order valence-corrected chi connectivity index (χ2v) is 8.51. The zero-order valence-electron chi connectivity index (χ0n) is 11.8. The van der Waals surface area contributed by atoms with Crippen molar-refractivity contribution in [3.8, 4) is 0 Å². The van der Waals surface area contributed by atoms with Gasteiger partial charge in [0.25, 0.3) is 0 Å². The minimum Gasteiger partial charge on any atom is -0.271 e. The molecule has 2 nitrogen and oxygen atoms in total. The zero-order valence-corrected chi connectivity index (χ0v) is 13.4. The first-order chi connectivity index (χ1) is 8.99. The van der Waals surface area contributed by atoms with E-state index in [2.05, 4.69) is 55.8 Å². The van der Waals surface area contributed by atoms with E-state index in [0.717, 1.165) is 12.2 Å². The topological polar surface area (TPSA) is 38.0 Å². The summed E-state index contributed by atoms with van der Waals surface area (Å²) in [6.07, 6.45) is 0.990. The summed E-state index contributed by atoms with van der Waals surface area (Å²) in [6.45, 7) is 6.72. The molecule has 3 N–H and O–H groups in total. The Morgan fingerprint density at radius 3 is 2.74 bits per heavy atom. The number of rotatable bonds is 5. The molecule has 0 aliphatic rings. The highest BCUT2D eigenvalue weighted by atomic mass is 32.2. The normalized spacial score (nSPS) is 13.9. The standard InChI is InChI=1S/C15H22N2S2/c1-15(2,3)19-10-12(17-16)8-11-9-18-14-7-5-4-6-13(11)14/h4-7,9,12,17H,8,10,16H2,1-3H3. The Morgan fingerprint density at radius 1 is 1.32 bits per heavy atom. The van der Waals surface area contributed by atoms with Crippen LogP contribution >= 0.6 is 23.1 Å². The molecule has 0 spiro atoms. The van der Waals surface area contributed by atoms with E-state index in [0.29, 0.717) is 6.04 Å². The van der Waals surface area contributed by atoms with Crippen molar-refractivity contribution in [2.24, 2.45) is 5.84 Å². The maximum Gasteiger partial charge on any atom is 0.0345 e. The maximum atomic E-state index is 5.70. The van der Waals surface area contributed by atoms with Crippen molar-refractivity contribution in [1.29, 1.82) is 0 Å². The molecule has 0 radical (unpaired) electrons. The van der Waals surface area contributed by atoms with Crippen LogP contribution in [-0.4, -0.2) is 16.5 Å². The summed E-state index contributed by atoms with van der Waals surface area (Å²) in [5.41, 5.74) is 4.36. The molecule has 4 heteroatoms. The highest BCUT2D eigenvalue weighted by Gasteiger charge is 2.16. The number of thioether (sulfide) groups is 1. The average Bonchev–Trinajstić information content (AvgIpc) is 2.77. The Labute approximate surface area is 123 Å². The van der Waals surface area contributed by atoms with Crippen LogP contribution in [0.3, 0.4) is 0 Å². The lowest BCUT2D eigenvalue weighted by Crippen LogP contribution is -2.39. The van der Waals surface area contributed by atoms with Crippen LogP contribution in [-0.2, 0) is 6.42 Å². The molecular formula is C15H22N2S2. The number of fused-ring (bicyclic) bond motifs is 1. The molecule has 2 rings (SSSR count). The zero-order chi connectivity index (χ0) is 13.9. The largest absolute Gasteiger partial charge is 0.271 e. The van der Waals surface area contributed by atoms with E-state index in [9.17, 15) is 0 Å². The van der Waals surface area contributed by atoms with Crippen LogP contribution in [0.1, 0.15) is 26.3 Å². The number of hydrogen-bond donors (Lipinski definition) is 2. The fourth-order valence-corrected chi connectivity index (χ4v) is 3.86. The van der Waals surface area contributed by atoms with Crippen molar-refractivity contribution < 1.29 is 0 Å². The highest BCUT2D eigenvalue weighted by molar-refractivity contribution is 8.00. The number of nitrogens with one attached hydrogen (secondary N) is 1. The van der Waals surface area contributed by atoms with Crippen molar-refractivity contribution >= 4 is 33.2 Å². The van der Waals surface area contributed by atoms with Crippen molar-refractivity contribution in [3.05, 3.63) is 35.2 Å². The van der Waals surface area contributed by atoms with E-state index in [1.807, 2.05) is 23.1 Å². The number of nitrogens with two attached hydrogens (primary N) is 1. The summed E-state index contributed by atoms with van der Waals surface area (Å²) in [7, 11) is 0. The first-order valence-corrected chi connectivity index (χ1v) is 8.41. The van der Waals surface area contributed by atoms with Gasteiger partial charge in [-0.25, -0.2) is 0 Å². The van der Waals surface area contributed by atoms with Crippen LogP contribution in [0.4, 0.5) is 0 Å². The fourth-order valence-electron chi connectivity index (χ4n) is 1.97. The van der Waals surface area contributed by atoms with Gasteiger partial charge in [-0.2, -0.15) is 11.8 Å². The van der Waals surface area contributed by atoms with Gasteiger partial charge in [-0.15, -0.1) is 11.3 Å². The summed E-state index contributed by atoms with van der Waals surface area (Å²) in [5, 5.41) is 3.63. The van der Waals surface area contributed by atoms with Crippen LogP contribution in [0.5, 0.6) is 0 Å². The fraction of sp³-hybridized carbons (Fsp3) is 0.467. The van der Waals surface area contributed by atoms with Gasteiger partial charge in [0.15, 0.2) is 0 Å². The summed E-state index contributed by atoms with van der Waals surface area (Å²) >= 11 is 3.77. The second kappa shape index (κ2) is 6.27. The molecule has 1 aromatic heterocycles. The Kier molecular flexibility index (Phi) is 4.90. The molecule has 0 fully saturated rings. The predicted octanol–water partition coefficient (Wildman–Crippen LogP) is 3.81. The molecule has 1 aromatic carbocycles. The van der Waals surface area contributed by atoms with E-state index < -0.39 is 0 Å². The molecule has 1 atom stereocenters. The third kappa shape index (κ3) is 4.21. The number of hydrazine groups is 1. The van der Waals surface area contributed by atoms with Gasteiger partial charge in [0.1, 0.15) is 0 Å². The molecule has 1 unspecified atom stereocenters. The van der Waals surface area contributed by atoms with Gasteiger partial charge in [-0.1, -0.05) is 39.0 Å². The van der Waals surface area contributed by atoms with Gasteiger partial charge in [0, 0.05) is 21.2 Å². The van der Waals surface area contributed by atoms with Crippen LogP contribution in [0.15, 0.2) is 29.6 Å². The summed E-state index contributed by atoms with van der Waals surface area (Å²) < 4.78 is 1.64. The highest BCUT2D eigenvalue weighted by Crippen LogP contribution is 2.28. The van der Waals surface area contributed by atoms with E-state index in [4.69, 9.17) is 5.84 Å². The minimum atomic E-state index is 0.284. The average molecular weight is 294 g/mol. The summed E-state index contributed by atoms with van der Waals surface area (Å²) in [4.78, 5) is 0. The van der Waals surface area contributed by atoms with Gasteiger partial charge >= 0.3 is 0 Å². The Hall–Kier alpha value is -0.550. The van der Waals surface area contributed by atoms with Gasteiger partial charge in [0.05, 0.1) is 0 Å². The van der Waals surface area contributed by atoms with Gasteiger partial charge < -0.3 is 0 Å². The monoisotopic (exact) mass is 294 g/mol. The Balaban J connectivity index is 2.06. The molecule has 0 saturated carbocycles. The molecule has 1 heterocycles. The van der Waals surface area contributed by atoms with Crippen molar-refractivity contribution in [1.82, 2.24) is 5.43 Å². The molecule has 0 amide bonds. The van der Waals surface area contributed by atoms with Crippen molar-refractivity contribution in [2.75, 3.05) is 5.75 Å². The van der Waals surface area contributed by atoms with Crippen molar-refractivity contribution in [2.45, 2.75) is 38.0 Å². The lowest BCUT2D eigenvalue weighted by Gasteiger charge is -2.22. The summed E-state index contributed by atoms with van der Waals surface area (Å²) in [5.74, 6) is 6.73.